The minimum atomic E-state index is -3.92. The van der Waals surface area contributed by atoms with Crippen molar-refractivity contribution in [2.24, 2.45) is 0 Å². The Balaban J connectivity index is 1.93. The lowest BCUT2D eigenvalue weighted by Crippen LogP contribution is -2.45. The minimum Gasteiger partial charge on any atom is -0.325 e. The van der Waals surface area contributed by atoms with Gasteiger partial charge in [0.05, 0.1) is 4.90 Å². The number of rotatable bonds is 8. The van der Waals surface area contributed by atoms with Crippen LogP contribution in [0.2, 0.25) is 0 Å². The maximum absolute atomic E-state index is 13.3. The van der Waals surface area contributed by atoms with Crippen LogP contribution in [0.15, 0.2) is 76.5 Å². The second-order valence-electron chi connectivity index (χ2n) is 7.81. The molecule has 5 nitrogen and oxygen atoms in total. The Hall–Kier alpha value is -2.61. The Bertz CT molecular complexity index is 1190. The van der Waals surface area contributed by atoms with Crippen LogP contribution in [0.25, 0.3) is 0 Å². The number of anilines is 1. The number of carbonyl (C=O) groups is 1. The number of carbonyl (C=O) groups excluding carboxylic acids is 1. The molecule has 3 aromatic rings. The Kier molecular flexibility index (Phi) is 7.77. The van der Waals surface area contributed by atoms with E-state index >= 15 is 0 Å². The molecule has 3 aromatic carbocycles. The van der Waals surface area contributed by atoms with Crippen LogP contribution in [0.3, 0.4) is 0 Å². The molecule has 0 aromatic heterocycles. The quantitative estimate of drug-likeness (QED) is 0.463. The van der Waals surface area contributed by atoms with E-state index in [4.69, 9.17) is 0 Å². The van der Waals surface area contributed by atoms with E-state index in [1.54, 1.807) is 31.7 Å². The SMILES string of the molecule is CSc1cccc(NC(=O)C(Cc2ccccc2)NS(=O)(=O)c2c(C)cc(C)cc2C)c1. The van der Waals surface area contributed by atoms with Gasteiger partial charge >= 0.3 is 0 Å². The van der Waals surface area contributed by atoms with E-state index in [1.807, 2.05) is 73.8 Å². The number of nitrogens with one attached hydrogen (secondary N) is 2. The molecule has 1 atom stereocenters. The summed E-state index contributed by atoms with van der Waals surface area (Å²) in [6, 6.07) is 19.6. The molecule has 0 bridgehead atoms. The molecule has 168 valence electrons. The van der Waals surface area contributed by atoms with E-state index in [1.165, 1.54) is 0 Å². The van der Waals surface area contributed by atoms with Crippen molar-refractivity contribution in [3.63, 3.8) is 0 Å². The summed E-state index contributed by atoms with van der Waals surface area (Å²) in [6.07, 6.45) is 2.19. The molecule has 0 saturated heterocycles. The summed E-state index contributed by atoms with van der Waals surface area (Å²) in [5, 5.41) is 2.87. The molecule has 2 N–H and O–H groups in total. The highest BCUT2D eigenvalue weighted by atomic mass is 32.2. The fraction of sp³-hybridized carbons (Fsp3) is 0.240. The number of hydrogen-bond donors (Lipinski definition) is 2. The summed E-state index contributed by atoms with van der Waals surface area (Å²) >= 11 is 1.57. The normalized spacial score (nSPS) is 12.4. The molecule has 0 heterocycles. The first kappa shape index (κ1) is 24.0. The van der Waals surface area contributed by atoms with Crippen LogP contribution < -0.4 is 10.0 Å². The van der Waals surface area contributed by atoms with Gasteiger partial charge in [-0.05, 0) is 68.3 Å². The van der Waals surface area contributed by atoms with Crippen molar-refractivity contribution in [1.82, 2.24) is 4.72 Å². The van der Waals surface area contributed by atoms with Crippen molar-refractivity contribution in [2.75, 3.05) is 11.6 Å². The van der Waals surface area contributed by atoms with Crippen LogP contribution in [0.4, 0.5) is 5.69 Å². The Morgan fingerprint density at radius 3 is 2.22 bits per heavy atom. The van der Waals surface area contributed by atoms with E-state index in [0.717, 1.165) is 16.0 Å². The van der Waals surface area contributed by atoms with Crippen LogP contribution in [0.5, 0.6) is 0 Å². The van der Waals surface area contributed by atoms with Crippen LogP contribution in [-0.2, 0) is 21.2 Å². The summed E-state index contributed by atoms with van der Waals surface area (Å²) in [7, 11) is -3.92. The fourth-order valence-corrected chi connectivity index (χ4v) is 5.91. The highest BCUT2D eigenvalue weighted by Gasteiger charge is 2.28. The zero-order valence-electron chi connectivity index (χ0n) is 18.7. The third-order valence-corrected chi connectivity index (χ3v) is 7.61. The number of aryl methyl sites for hydroxylation is 3. The van der Waals surface area contributed by atoms with Gasteiger partial charge in [-0.2, -0.15) is 4.72 Å². The topological polar surface area (TPSA) is 75.3 Å². The maximum atomic E-state index is 13.3. The number of amides is 1. The highest BCUT2D eigenvalue weighted by molar-refractivity contribution is 7.98. The summed E-state index contributed by atoms with van der Waals surface area (Å²) in [6.45, 7) is 5.47. The summed E-state index contributed by atoms with van der Waals surface area (Å²) in [4.78, 5) is 14.4. The number of sulfonamides is 1. The maximum Gasteiger partial charge on any atom is 0.242 e. The van der Waals surface area contributed by atoms with Crippen molar-refractivity contribution in [3.05, 3.63) is 89.0 Å². The lowest BCUT2D eigenvalue weighted by molar-refractivity contribution is -0.117. The predicted molar refractivity (Wildman–Crippen MR) is 132 cm³/mol. The van der Waals surface area contributed by atoms with Gasteiger partial charge in [-0.25, -0.2) is 8.42 Å². The predicted octanol–water partition coefficient (Wildman–Crippen LogP) is 4.86. The molecular formula is C25H28N2O3S2. The van der Waals surface area contributed by atoms with Crippen molar-refractivity contribution < 1.29 is 13.2 Å². The molecule has 3 rings (SSSR count). The van der Waals surface area contributed by atoms with Gasteiger partial charge in [0.1, 0.15) is 6.04 Å². The van der Waals surface area contributed by atoms with Gasteiger partial charge < -0.3 is 5.32 Å². The van der Waals surface area contributed by atoms with Crippen LogP contribution >= 0.6 is 11.8 Å². The van der Waals surface area contributed by atoms with Crippen molar-refractivity contribution in [1.29, 1.82) is 0 Å². The smallest absolute Gasteiger partial charge is 0.242 e. The zero-order chi connectivity index (χ0) is 23.3. The lowest BCUT2D eigenvalue weighted by atomic mass is 10.1. The van der Waals surface area contributed by atoms with Crippen LogP contribution in [-0.4, -0.2) is 26.6 Å². The van der Waals surface area contributed by atoms with E-state index in [2.05, 4.69) is 10.0 Å². The monoisotopic (exact) mass is 468 g/mol. The van der Waals surface area contributed by atoms with Crippen molar-refractivity contribution >= 4 is 33.4 Å². The first-order valence-corrected chi connectivity index (χ1v) is 13.0. The van der Waals surface area contributed by atoms with Gasteiger partial charge in [-0.1, -0.05) is 54.1 Å². The second kappa shape index (κ2) is 10.3. The third-order valence-electron chi connectivity index (χ3n) is 5.11. The van der Waals surface area contributed by atoms with E-state index in [0.29, 0.717) is 16.8 Å². The van der Waals surface area contributed by atoms with E-state index < -0.39 is 22.0 Å². The molecule has 0 fully saturated rings. The molecule has 0 aliphatic heterocycles. The lowest BCUT2D eigenvalue weighted by Gasteiger charge is -2.21. The Morgan fingerprint density at radius 1 is 0.938 bits per heavy atom. The highest BCUT2D eigenvalue weighted by Crippen LogP contribution is 2.23. The minimum absolute atomic E-state index is 0.221. The van der Waals surface area contributed by atoms with Crippen LogP contribution in [0.1, 0.15) is 22.3 Å². The molecule has 0 saturated carbocycles. The molecule has 0 radical (unpaired) electrons. The van der Waals surface area contributed by atoms with Gasteiger partial charge in [0.2, 0.25) is 15.9 Å². The van der Waals surface area contributed by atoms with Gasteiger partial charge in [-0.3, -0.25) is 4.79 Å². The summed E-state index contributed by atoms with van der Waals surface area (Å²) < 4.78 is 29.4. The molecule has 0 aliphatic carbocycles. The average Bonchev–Trinajstić information content (AvgIpc) is 2.73. The first-order valence-electron chi connectivity index (χ1n) is 10.3. The summed E-state index contributed by atoms with van der Waals surface area (Å²) in [5.74, 6) is -0.405. The Morgan fingerprint density at radius 2 is 1.59 bits per heavy atom. The van der Waals surface area contributed by atoms with E-state index in [-0.39, 0.29) is 11.3 Å². The zero-order valence-corrected chi connectivity index (χ0v) is 20.3. The standard InChI is InChI=1S/C25H28N2O3S2/c1-17-13-18(2)24(19(3)14-17)32(29,30)27-23(15-20-9-6-5-7-10-20)25(28)26-21-11-8-12-22(16-21)31-4/h5-14,16,23,27H,15H2,1-4H3,(H,26,28). The molecule has 32 heavy (non-hydrogen) atoms. The molecule has 0 spiro atoms. The average molecular weight is 469 g/mol. The summed E-state index contributed by atoms with van der Waals surface area (Å²) in [5.41, 5.74) is 3.79. The van der Waals surface area contributed by atoms with Gasteiger partial charge in [0.15, 0.2) is 0 Å². The molecular weight excluding hydrogens is 440 g/mol. The van der Waals surface area contributed by atoms with Crippen molar-refractivity contribution in [3.8, 4) is 0 Å². The molecule has 0 aliphatic rings. The molecule has 1 unspecified atom stereocenters. The second-order valence-corrected chi connectivity index (χ2v) is 10.3. The Labute approximate surface area is 194 Å². The molecule has 7 heteroatoms. The number of hydrogen-bond acceptors (Lipinski definition) is 4. The van der Waals surface area contributed by atoms with Gasteiger partial charge in [0.25, 0.3) is 0 Å². The third kappa shape index (κ3) is 6.00. The van der Waals surface area contributed by atoms with E-state index in [9.17, 15) is 13.2 Å². The number of benzene rings is 3. The first-order chi connectivity index (χ1) is 15.2. The van der Waals surface area contributed by atoms with Crippen LogP contribution in [0, 0.1) is 20.8 Å². The molecule has 1 amide bonds. The fourth-order valence-electron chi connectivity index (χ4n) is 3.80. The van der Waals surface area contributed by atoms with Gasteiger partial charge in [-0.15, -0.1) is 11.8 Å². The van der Waals surface area contributed by atoms with Crippen molar-refractivity contribution in [2.45, 2.75) is 43.0 Å². The largest absolute Gasteiger partial charge is 0.325 e. The van der Waals surface area contributed by atoms with Gasteiger partial charge in [0, 0.05) is 10.6 Å². The number of thioether (sulfide) groups is 1.